The highest BCUT2D eigenvalue weighted by molar-refractivity contribution is 6.03. The number of rotatable bonds is 4. The molecule has 0 aliphatic carbocycles. The summed E-state index contributed by atoms with van der Waals surface area (Å²) in [4.78, 5) is 20.5. The molecule has 1 amide bonds. The highest BCUT2D eigenvalue weighted by atomic mass is 19.1. The van der Waals surface area contributed by atoms with E-state index in [-0.39, 0.29) is 5.69 Å². The fourth-order valence-electron chi connectivity index (χ4n) is 2.32. The molecule has 0 atom stereocenters. The lowest BCUT2D eigenvalue weighted by Crippen LogP contribution is -2.17. The number of aromatic nitrogens is 2. The normalized spacial score (nSPS) is 10.1. The second-order valence-corrected chi connectivity index (χ2v) is 5.55. The number of amides is 1. The monoisotopic (exact) mass is 365 g/mol. The molecule has 3 aromatic rings. The predicted molar refractivity (Wildman–Crippen MR) is 95.5 cm³/mol. The van der Waals surface area contributed by atoms with Crippen LogP contribution in [0.4, 0.5) is 26.0 Å². The average Bonchev–Trinajstić information content (AvgIpc) is 2.65. The summed E-state index contributed by atoms with van der Waals surface area (Å²) in [5, 5.41) is 14.0. The van der Waals surface area contributed by atoms with E-state index in [4.69, 9.17) is 5.26 Å². The maximum absolute atomic E-state index is 13.7. The quantitative estimate of drug-likeness (QED) is 0.731. The molecule has 0 saturated carbocycles. The van der Waals surface area contributed by atoms with Gasteiger partial charge in [-0.25, -0.2) is 18.7 Å². The lowest BCUT2D eigenvalue weighted by Gasteiger charge is -2.10. The molecular weight excluding hydrogens is 352 g/mol. The van der Waals surface area contributed by atoms with Gasteiger partial charge in [-0.3, -0.25) is 4.79 Å². The van der Waals surface area contributed by atoms with Crippen LogP contribution in [0.15, 0.2) is 48.5 Å². The fraction of sp³-hybridized carbons (Fsp3) is 0.0526. The van der Waals surface area contributed by atoms with Crippen molar-refractivity contribution in [1.82, 2.24) is 9.97 Å². The van der Waals surface area contributed by atoms with Gasteiger partial charge in [0, 0.05) is 11.8 Å². The minimum absolute atomic E-state index is 0.0544. The summed E-state index contributed by atoms with van der Waals surface area (Å²) in [7, 11) is 0. The Labute approximate surface area is 153 Å². The van der Waals surface area contributed by atoms with Crippen LogP contribution in [0.2, 0.25) is 0 Å². The van der Waals surface area contributed by atoms with Gasteiger partial charge in [0.1, 0.15) is 34.7 Å². The van der Waals surface area contributed by atoms with Crippen LogP contribution in [-0.4, -0.2) is 15.9 Å². The van der Waals surface area contributed by atoms with Crippen LogP contribution >= 0.6 is 0 Å². The van der Waals surface area contributed by atoms with Crippen molar-refractivity contribution in [3.8, 4) is 6.07 Å². The van der Waals surface area contributed by atoms with E-state index >= 15 is 0 Å². The molecular formula is C19H13F2N5O. The number of hydrogen-bond acceptors (Lipinski definition) is 5. The van der Waals surface area contributed by atoms with Gasteiger partial charge in [-0.2, -0.15) is 5.26 Å². The van der Waals surface area contributed by atoms with Gasteiger partial charge in [-0.1, -0.05) is 6.07 Å². The molecule has 0 unspecified atom stereocenters. The number of benzene rings is 2. The SMILES string of the molecule is Cc1nc(Nc2ccc(C#N)cc2)cc(C(=O)Nc2c(F)cccc2F)n1. The minimum Gasteiger partial charge on any atom is -0.340 e. The molecule has 0 spiro atoms. The van der Waals surface area contributed by atoms with Crippen LogP contribution in [0.5, 0.6) is 0 Å². The van der Waals surface area contributed by atoms with Crippen LogP contribution in [0.1, 0.15) is 21.9 Å². The van der Waals surface area contributed by atoms with Gasteiger partial charge in [0.25, 0.3) is 5.91 Å². The number of aryl methyl sites for hydroxylation is 1. The highest BCUT2D eigenvalue weighted by Gasteiger charge is 2.16. The van der Waals surface area contributed by atoms with E-state index in [1.165, 1.54) is 12.1 Å². The largest absolute Gasteiger partial charge is 0.340 e. The van der Waals surface area contributed by atoms with Crippen molar-refractivity contribution in [2.45, 2.75) is 6.92 Å². The maximum atomic E-state index is 13.7. The molecule has 0 aliphatic heterocycles. The summed E-state index contributed by atoms with van der Waals surface area (Å²) in [6.07, 6.45) is 0. The van der Waals surface area contributed by atoms with Crippen LogP contribution in [0.3, 0.4) is 0 Å². The Bertz CT molecular complexity index is 1020. The van der Waals surface area contributed by atoms with Gasteiger partial charge in [0.05, 0.1) is 11.6 Å². The number of nitriles is 1. The Kier molecular flexibility index (Phi) is 5.04. The molecule has 2 N–H and O–H groups in total. The molecule has 3 rings (SSSR count). The van der Waals surface area contributed by atoms with Crippen LogP contribution in [0, 0.1) is 29.9 Å². The number of anilines is 3. The lowest BCUT2D eigenvalue weighted by molar-refractivity contribution is 0.102. The van der Waals surface area contributed by atoms with Crippen molar-refractivity contribution in [3.05, 3.63) is 77.2 Å². The van der Waals surface area contributed by atoms with Crippen molar-refractivity contribution < 1.29 is 13.6 Å². The van der Waals surface area contributed by atoms with E-state index in [9.17, 15) is 13.6 Å². The minimum atomic E-state index is -0.884. The first-order valence-electron chi connectivity index (χ1n) is 7.84. The van der Waals surface area contributed by atoms with Crippen molar-refractivity contribution in [2.24, 2.45) is 0 Å². The zero-order valence-corrected chi connectivity index (χ0v) is 14.1. The molecule has 0 aliphatic rings. The second-order valence-electron chi connectivity index (χ2n) is 5.55. The summed E-state index contributed by atoms with van der Waals surface area (Å²) in [6.45, 7) is 1.59. The van der Waals surface area contributed by atoms with Crippen LogP contribution in [-0.2, 0) is 0 Å². The highest BCUT2D eigenvalue weighted by Crippen LogP contribution is 2.20. The standard InChI is InChI=1S/C19H13F2N5O/c1-11-23-16(19(27)26-18-14(20)3-2-4-15(18)21)9-17(24-11)25-13-7-5-12(10-22)6-8-13/h2-9H,1H3,(H,26,27)(H,23,24,25). The van der Waals surface area contributed by atoms with E-state index < -0.39 is 23.2 Å². The lowest BCUT2D eigenvalue weighted by atomic mass is 10.2. The first-order valence-corrected chi connectivity index (χ1v) is 7.84. The topological polar surface area (TPSA) is 90.7 Å². The Balaban J connectivity index is 1.84. The Hall–Kier alpha value is -3.86. The zero-order valence-electron chi connectivity index (χ0n) is 14.1. The molecule has 1 heterocycles. The van der Waals surface area contributed by atoms with Gasteiger partial charge in [0.2, 0.25) is 0 Å². The number of halogens is 2. The first kappa shape index (κ1) is 17.9. The molecule has 0 fully saturated rings. The molecule has 6 nitrogen and oxygen atoms in total. The number of nitrogens with zero attached hydrogens (tertiary/aromatic N) is 3. The van der Waals surface area contributed by atoms with Crippen molar-refractivity contribution >= 4 is 23.1 Å². The van der Waals surface area contributed by atoms with Gasteiger partial charge in [-0.15, -0.1) is 0 Å². The molecule has 1 aromatic heterocycles. The van der Waals surface area contributed by atoms with E-state index in [2.05, 4.69) is 20.6 Å². The van der Waals surface area contributed by atoms with Crippen LogP contribution in [0.25, 0.3) is 0 Å². The number of nitrogens with one attached hydrogen (secondary N) is 2. The van der Waals surface area contributed by atoms with Crippen molar-refractivity contribution in [1.29, 1.82) is 5.26 Å². The molecule has 0 radical (unpaired) electrons. The van der Waals surface area contributed by atoms with E-state index in [1.807, 2.05) is 6.07 Å². The number of carbonyl (C=O) groups excluding carboxylic acids is 1. The average molecular weight is 365 g/mol. The van der Waals surface area contributed by atoms with Crippen LogP contribution < -0.4 is 10.6 Å². The third-order valence-corrected chi connectivity index (χ3v) is 3.56. The van der Waals surface area contributed by atoms with Gasteiger partial charge < -0.3 is 10.6 Å². The molecule has 134 valence electrons. The Morgan fingerprint density at radius 2 is 1.74 bits per heavy atom. The first-order chi connectivity index (χ1) is 13.0. The van der Waals surface area contributed by atoms with E-state index in [0.29, 0.717) is 22.9 Å². The summed E-state index contributed by atoms with van der Waals surface area (Å²) in [6, 6.07) is 13.3. The third-order valence-electron chi connectivity index (χ3n) is 3.56. The zero-order chi connectivity index (χ0) is 19.4. The summed E-state index contributed by atoms with van der Waals surface area (Å²) in [5.74, 6) is -1.92. The van der Waals surface area contributed by atoms with Gasteiger partial charge >= 0.3 is 0 Å². The summed E-state index contributed by atoms with van der Waals surface area (Å²) >= 11 is 0. The summed E-state index contributed by atoms with van der Waals surface area (Å²) in [5.41, 5.74) is 0.562. The molecule has 27 heavy (non-hydrogen) atoms. The second kappa shape index (κ2) is 7.58. The number of carbonyl (C=O) groups is 1. The predicted octanol–water partition coefficient (Wildman–Crippen LogP) is 3.93. The molecule has 2 aromatic carbocycles. The van der Waals surface area contributed by atoms with E-state index in [1.54, 1.807) is 31.2 Å². The molecule has 0 saturated heterocycles. The molecule has 0 bridgehead atoms. The van der Waals surface area contributed by atoms with Crippen molar-refractivity contribution in [3.63, 3.8) is 0 Å². The molecule has 8 heteroatoms. The Morgan fingerprint density at radius 3 is 2.37 bits per heavy atom. The summed E-state index contributed by atoms with van der Waals surface area (Å²) < 4.78 is 27.4. The van der Waals surface area contributed by atoms with Gasteiger partial charge in [0.15, 0.2) is 0 Å². The van der Waals surface area contributed by atoms with E-state index in [0.717, 1.165) is 12.1 Å². The van der Waals surface area contributed by atoms with Crippen molar-refractivity contribution in [2.75, 3.05) is 10.6 Å². The smallest absolute Gasteiger partial charge is 0.274 e. The van der Waals surface area contributed by atoms with Gasteiger partial charge in [-0.05, 0) is 43.3 Å². The maximum Gasteiger partial charge on any atom is 0.274 e. The number of para-hydroxylation sites is 1. The fourth-order valence-corrected chi connectivity index (χ4v) is 2.32. The number of hydrogen-bond donors (Lipinski definition) is 2. The third kappa shape index (κ3) is 4.22. The Morgan fingerprint density at radius 1 is 1.07 bits per heavy atom.